The molecule has 0 bridgehead atoms. The van der Waals surface area contributed by atoms with E-state index >= 15 is 0 Å². The number of aryl methyl sites for hydroxylation is 1. The Morgan fingerprint density at radius 2 is 1.70 bits per heavy atom. The summed E-state index contributed by atoms with van der Waals surface area (Å²) in [5.74, 6) is 0.730. The van der Waals surface area contributed by atoms with Gasteiger partial charge in [-0.15, -0.1) is 0 Å². The van der Waals surface area contributed by atoms with Gasteiger partial charge >= 0.3 is 0 Å². The number of nitrogens with one attached hydrogen (secondary N) is 1. The smallest absolute Gasteiger partial charge is 0.251 e. The zero-order valence-corrected chi connectivity index (χ0v) is 18.6. The molecule has 2 amide bonds. The third-order valence-electron chi connectivity index (χ3n) is 5.52. The molecule has 0 saturated heterocycles. The fourth-order valence-corrected chi connectivity index (χ4v) is 3.88. The van der Waals surface area contributed by atoms with Gasteiger partial charge in [-0.25, -0.2) is 4.98 Å². The molecule has 0 atom stereocenters. The van der Waals surface area contributed by atoms with E-state index in [1.807, 2.05) is 66.1 Å². The predicted molar refractivity (Wildman–Crippen MR) is 129 cm³/mol. The van der Waals surface area contributed by atoms with Crippen LogP contribution in [-0.4, -0.2) is 39.4 Å². The van der Waals surface area contributed by atoms with Crippen LogP contribution in [0.3, 0.4) is 0 Å². The maximum atomic E-state index is 13.2. The Morgan fingerprint density at radius 3 is 2.45 bits per heavy atom. The Kier molecular flexibility index (Phi) is 7.09. The van der Waals surface area contributed by atoms with E-state index in [1.54, 1.807) is 29.4 Å². The number of benzene rings is 2. The average Bonchev–Trinajstić information content (AvgIpc) is 3.20. The van der Waals surface area contributed by atoms with E-state index < -0.39 is 0 Å². The number of likely N-dealkylation sites (N-methyl/N-ethyl adjacent to an activating group) is 1. The SMILES string of the molecule is CCN(C(=O)Cn1c(CCCNC(=O)c2ccncc2)nc2ccccc21)c1ccccc1. The Labute approximate surface area is 193 Å². The van der Waals surface area contributed by atoms with E-state index in [1.165, 1.54) is 0 Å². The van der Waals surface area contributed by atoms with Crippen molar-refractivity contribution < 1.29 is 9.59 Å². The summed E-state index contributed by atoms with van der Waals surface area (Å²) in [6.45, 7) is 3.29. The number of anilines is 1. The number of imidazole rings is 1. The van der Waals surface area contributed by atoms with E-state index in [-0.39, 0.29) is 18.4 Å². The van der Waals surface area contributed by atoms with E-state index in [0.29, 0.717) is 31.5 Å². The number of carbonyl (C=O) groups is 2. The molecule has 1 N–H and O–H groups in total. The number of carbonyl (C=O) groups excluding carboxylic acids is 2. The van der Waals surface area contributed by atoms with Crippen LogP contribution < -0.4 is 10.2 Å². The Balaban J connectivity index is 1.46. The fraction of sp³-hybridized carbons (Fsp3) is 0.231. The number of para-hydroxylation sites is 3. The minimum Gasteiger partial charge on any atom is -0.352 e. The molecule has 0 spiro atoms. The van der Waals surface area contributed by atoms with Crippen molar-refractivity contribution in [1.29, 1.82) is 0 Å². The second kappa shape index (κ2) is 10.5. The van der Waals surface area contributed by atoms with Crippen LogP contribution in [0, 0.1) is 0 Å². The second-order valence-electron chi connectivity index (χ2n) is 7.67. The van der Waals surface area contributed by atoms with Gasteiger partial charge in [0.15, 0.2) is 0 Å². The summed E-state index contributed by atoms with van der Waals surface area (Å²) in [7, 11) is 0. The predicted octanol–water partition coefficient (Wildman–Crippen LogP) is 3.85. The zero-order chi connectivity index (χ0) is 23.0. The van der Waals surface area contributed by atoms with Crippen molar-refractivity contribution in [3.63, 3.8) is 0 Å². The van der Waals surface area contributed by atoms with E-state index in [9.17, 15) is 9.59 Å². The summed E-state index contributed by atoms with van der Waals surface area (Å²) >= 11 is 0. The standard InChI is InChI=1S/C26H27N5O2/c1-2-30(21-9-4-3-5-10-21)25(32)19-31-23-12-7-6-11-22(23)29-24(31)13-8-16-28-26(33)20-14-17-27-18-15-20/h3-7,9-12,14-15,17-18H,2,8,13,16,19H2,1H3,(H,28,33). The molecular weight excluding hydrogens is 414 g/mol. The van der Waals surface area contributed by atoms with Gasteiger partial charge in [0.25, 0.3) is 5.91 Å². The van der Waals surface area contributed by atoms with Gasteiger partial charge in [-0.1, -0.05) is 30.3 Å². The summed E-state index contributed by atoms with van der Waals surface area (Å²) in [6.07, 6.45) is 4.56. The molecule has 0 aliphatic rings. The number of nitrogens with zero attached hydrogens (tertiary/aromatic N) is 4. The number of amides is 2. The second-order valence-corrected chi connectivity index (χ2v) is 7.67. The number of hydrogen-bond donors (Lipinski definition) is 1. The molecule has 33 heavy (non-hydrogen) atoms. The molecule has 2 aromatic heterocycles. The van der Waals surface area contributed by atoms with Gasteiger partial charge in [-0.3, -0.25) is 14.6 Å². The lowest BCUT2D eigenvalue weighted by Gasteiger charge is -2.22. The average molecular weight is 442 g/mol. The van der Waals surface area contributed by atoms with Crippen LogP contribution >= 0.6 is 0 Å². The summed E-state index contributed by atoms with van der Waals surface area (Å²) in [5.41, 5.74) is 3.27. The molecule has 0 saturated carbocycles. The molecule has 4 aromatic rings. The molecule has 0 aliphatic carbocycles. The molecule has 4 rings (SSSR count). The number of aromatic nitrogens is 3. The van der Waals surface area contributed by atoms with Crippen LogP contribution in [0.1, 0.15) is 29.5 Å². The summed E-state index contributed by atoms with van der Waals surface area (Å²) < 4.78 is 1.99. The van der Waals surface area contributed by atoms with Gasteiger partial charge in [0.05, 0.1) is 11.0 Å². The molecule has 2 aromatic carbocycles. The molecule has 0 fully saturated rings. The van der Waals surface area contributed by atoms with E-state index in [0.717, 1.165) is 22.5 Å². The molecule has 0 radical (unpaired) electrons. The Bertz CT molecular complexity index is 1220. The first-order valence-electron chi connectivity index (χ1n) is 11.1. The topological polar surface area (TPSA) is 80.1 Å². The highest BCUT2D eigenvalue weighted by Gasteiger charge is 2.18. The molecule has 168 valence electrons. The minimum atomic E-state index is -0.123. The highest BCUT2D eigenvalue weighted by Crippen LogP contribution is 2.19. The Hall–Kier alpha value is -4.00. The van der Waals surface area contributed by atoms with Crippen LogP contribution in [0.5, 0.6) is 0 Å². The van der Waals surface area contributed by atoms with Gasteiger partial charge in [0.1, 0.15) is 12.4 Å². The first-order chi connectivity index (χ1) is 16.2. The molecule has 7 nitrogen and oxygen atoms in total. The van der Waals surface area contributed by atoms with Crippen molar-refractivity contribution in [2.45, 2.75) is 26.3 Å². The number of fused-ring (bicyclic) bond motifs is 1. The first-order valence-corrected chi connectivity index (χ1v) is 11.1. The molecule has 0 unspecified atom stereocenters. The summed E-state index contributed by atoms with van der Waals surface area (Å²) in [5, 5.41) is 2.93. The lowest BCUT2D eigenvalue weighted by molar-refractivity contribution is -0.119. The fourth-order valence-electron chi connectivity index (χ4n) is 3.88. The third-order valence-corrected chi connectivity index (χ3v) is 5.52. The van der Waals surface area contributed by atoms with Crippen LogP contribution in [0.4, 0.5) is 5.69 Å². The molecular formula is C26H27N5O2. The summed E-state index contributed by atoms with van der Waals surface area (Å²) in [6, 6.07) is 20.9. The van der Waals surface area contributed by atoms with Crippen LogP contribution in [-0.2, 0) is 17.8 Å². The maximum absolute atomic E-state index is 13.2. The van der Waals surface area contributed by atoms with Gasteiger partial charge in [-0.2, -0.15) is 0 Å². The quantitative estimate of drug-likeness (QED) is 0.400. The number of rotatable bonds is 9. The third kappa shape index (κ3) is 5.26. The van der Waals surface area contributed by atoms with Crippen molar-refractivity contribution in [1.82, 2.24) is 19.9 Å². The molecule has 0 aliphatic heterocycles. The highest BCUT2D eigenvalue weighted by atomic mass is 16.2. The zero-order valence-electron chi connectivity index (χ0n) is 18.6. The first kappa shape index (κ1) is 22.2. The van der Waals surface area contributed by atoms with E-state index in [4.69, 9.17) is 4.98 Å². The lowest BCUT2D eigenvalue weighted by Crippen LogP contribution is -2.34. The van der Waals surface area contributed by atoms with Crippen molar-refractivity contribution in [2.75, 3.05) is 18.0 Å². The van der Waals surface area contributed by atoms with Crippen LogP contribution in [0.15, 0.2) is 79.1 Å². The number of hydrogen-bond acceptors (Lipinski definition) is 4. The Morgan fingerprint density at radius 1 is 0.970 bits per heavy atom. The van der Waals surface area contributed by atoms with Crippen molar-refractivity contribution in [3.8, 4) is 0 Å². The lowest BCUT2D eigenvalue weighted by atomic mass is 10.2. The minimum absolute atomic E-state index is 0.0130. The van der Waals surface area contributed by atoms with Crippen molar-refractivity contribution in [2.24, 2.45) is 0 Å². The normalized spacial score (nSPS) is 10.8. The summed E-state index contributed by atoms with van der Waals surface area (Å²) in [4.78, 5) is 36.0. The van der Waals surface area contributed by atoms with Crippen LogP contribution in [0.2, 0.25) is 0 Å². The maximum Gasteiger partial charge on any atom is 0.251 e. The van der Waals surface area contributed by atoms with Gasteiger partial charge < -0.3 is 14.8 Å². The van der Waals surface area contributed by atoms with Crippen molar-refractivity contribution in [3.05, 3.63) is 90.5 Å². The van der Waals surface area contributed by atoms with Crippen molar-refractivity contribution >= 4 is 28.5 Å². The highest BCUT2D eigenvalue weighted by molar-refractivity contribution is 5.94. The molecule has 7 heteroatoms. The van der Waals surface area contributed by atoms with Gasteiger partial charge in [-0.05, 0) is 49.7 Å². The monoisotopic (exact) mass is 441 g/mol. The largest absolute Gasteiger partial charge is 0.352 e. The number of pyridine rings is 1. The van der Waals surface area contributed by atoms with Crippen LogP contribution in [0.25, 0.3) is 11.0 Å². The van der Waals surface area contributed by atoms with Gasteiger partial charge in [0, 0.05) is 43.2 Å². The van der Waals surface area contributed by atoms with Gasteiger partial charge in [0.2, 0.25) is 5.91 Å². The van der Waals surface area contributed by atoms with E-state index in [2.05, 4.69) is 10.3 Å². The molecule has 2 heterocycles.